The second-order valence-electron chi connectivity index (χ2n) is 6.24. The van der Waals surface area contributed by atoms with Gasteiger partial charge in [0.25, 0.3) is 0 Å². The fourth-order valence-corrected chi connectivity index (χ4v) is 4.89. The highest BCUT2D eigenvalue weighted by molar-refractivity contribution is 7.89. The zero-order valence-electron chi connectivity index (χ0n) is 14.7. The van der Waals surface area contributed by atoms with Crippen LogP contribution in [0.15, 0.2) is 47.4 Å². The van der Waals surface area contributed by atoms with Gasteiger partial charge in [-0.1, -0.05) is 23.7 Å². The molecule has 0 atom stereocenters. The Balaban J connectivity index is 1.76. The van der Waals surface area contributed by atoms with E-state index in [1.165, 1.54) is 34.6 Å². The average molecular weight is 426 g/mol. The van der Waals surface area contributed by atoms with E-state index >= 15 is 0 Å². The second kappa shape index (κ2) is 8.38. The topological polar surface area (TPSA) is 80.8 Å². The fourth-order valence-electron chi connectivity index (χ4n) is 2.88. The van der Waals surface area contributed by atoms with E-state index in [0.717, 1.165) is 25.0 Å². The highest BCUT2D eigenvalue weighted by Gasteiger charge is 2.30. The molecule has 2 aromatic rings. The number of hydrogen-bond donors (Lipinski definition) is 0. The standard InChI is InChI=1S/C19H17ClFNO5S/c20-15-8-7-13(11-18(15)28(25,26)22-9-3-4-10-22)19(24)27-12-17(23)14-5-1-2-6-16(14)21/h1-2,5-8,11H,3-4,9-10,12H2. The number of ketones is 1. The second-order valence-corrected chi connectivity index (χ2v) is 8.55. The van der Waals surface area contributed by atoms with Gasteiger partial charge in [0.15, 0.2) is 6.61 Å². The molecule has 1 saturated heterocycles. The molecule has 9 heteroatoms. The van der Waals surface area contributed by atoms with Crippen LogP contribution in [0.4, 0.5) is 4.39 Å². The van der Waals surface area contributed by atoms with Crippen molar-refractivity contribution >= 4 is 33.4 Å². The maximum Gasteiger partial charge on any atom is 0.338 e. The van der Waals surface area contributed by atoms with Crippen LogP contribution in [0.1, 0.15) is 33.6 Å². The molecule has 1 aliphatic heterocycles. The van der Waals surface area contributed by atoms with Gasteiger partial charge in [0.05, 0.1) is 16.1 Å². The smallest absolute Gasteiger partial charge is 0.338 e. The Hall–Kier alpha value is -2.29. The molecule has 148 valence electrons. The number of carbonyl (C=O) groups excluding carboxylic acids is 2. The van der Waals surface area contributed by atoms with Crippen molar-refractivity contribution in [3.8, 4) is 0 Å². The van der Waals surface area contributed by atoms with Crippen molar-refractivity contribution in [2.75, 3.05) is 19.7 Å². The quantitative estimate of drug-likeness (QED) is 0.524. The van der Waals surface area contributed by atoms with Crippen molar-refractivity contribution in [1.29, 1.82) is 0 Å². The first kappa shape index (κ1) is 20.4. The average Bonchev–Trinajstić information content (AvgIpc) is 3.22. The van der Waals surface area contributed by atoms with E-state index in [-0.39, 0.29) is 21.0 Å². The Morgan fingerprint density at radius 3 is 2.46 bits per heavy atom. The monoisotopic (exact) mass is 425 g/mol. The van der Waals surface area contributed by atoms with E-state index in [1.54, 1.807) is 0 Å². The summed E-state index contributed by atoms with van der Waals surface area (Å²) >= 11 is 6.04. The van der Waals surface area contributed by atoms with Gasteiger partial charge in [-0.05, 0) is 43.2 Å². The first-order chi connectivity index (χ1) is 13.3. The molecule has 1 fully saturated rings. The molecular formula is C19H17ClFNO5S. The maximum absolute atomic E-state index is 13.6. The minimum absolute atomic E-state index is 0.00844. The summed E-state index contributed by atoms with van der Waals surface area (Å²) in [6.45, 7) is 0.117. The third kappa shape index (κ3) is 4.24. The van der Waals surface area contributed by atoms with Crippen molar-refractivity contribution in [2.45, 2.75) is 17.7 Å². The van der Waals surface area contributed by atoms with Crippen LogP contribution in [-0.2, 0) is 14.8 Å². The van der Waals surface area contributed by atoms with E-state index in [1.807, 2.05) is 0 Å². The van der Waals surface area contributed by atoms with E-state index < -0.39 is 34.2 Å². The third-order valence-electron chi connectivity index (χ3n) is 4.36. The van der Waals surface area contributed by atoms with Crippen LogP contribution >= 0.6 is 11.6 Å². The summed E-state index contributed by atoms with van der Waals surface area (Å²) in [5.74, 6) is -2.32. The number of nitrogens with zero attached hydrogens (tertiary/aromatic N) is 1. The molecule has 2 aromatic carbocycles. The fraction of sp³-hybridized carbons (Fsp3) is 0.263. The van der Waals surface area contributed by atoms with Gasteiger partial charge in [-0.25, -0.2) is 17.6 Å². The molecular weight excluding hydrogens is 409 g/mol. The van der Waals surface area contributed by atoms with Gasteiger partial charge < -0.3 is 4.74 Å². The normalized spacial score (nSPS) is 14.8. The van der Waals surface area contributed by atoms with Gasteiger partial charge in [-0.2, -0.15) is 4.31 Å². The van der Waals surface area contributed by atoms with E-state index in [9.17, 15) is 22.4 Å². The Labute approximate surface area is 166 Å². The maximum atomic E-state index is 13.6. The number of sulfonamides is 1. The molecule has 0 amide bonds. The van der Waals surface area contributed by atoms with Crippen LogP contribution in [0, 0.1) is 5.82 Å². The summed E-state index contributed by atoms with van der Waals surface area (Å²) < 4.78 is 45.3. The largest absolute Gasteiger partial charge is 0.454 e. The molecule has 28 heavy (non-hydrogen) atoms. The van der Waals surface area contributed by atoms with Gasteiger partial charge in [0, 0.05) is 13.1 Å². The van der Waals surface area contributed by atoms with Crippen molar-refractivity contribution < 1.29 is 27.1 Å². The zero-order valence-corrected chi connectivity index (χ0v) is 16.3. The summed E-state index contributed by atoms with van der Waals surface area (Å²) in [5, 5.41) is -0.00844. The zero-order chi connectivity index (χ0) is 20.3. The Kier molecular flexibility index (Phi) is 6.12. The molecule has 1 heterocycles. The summed E-state index contributed by atoms with van der Waals surface area (Å²) in [6.07, 6.45) is 1.52. The van der Waals surface area contributed by atoms with Crippen LogP contribution in [0.3, 0.4) is 0 Å². The lowest BCUT2D eigenvalue weighted by Crippen LogP contribution is -2.28. The summed E-state index contributed by atoms with van der Waals surface area (Å²) in [4.78, 5) is 24.1. The minimum atomic E-state index is -3.83. The molecule has 0 saturated carbocycles. The third-order valence-corrected chi connectivity index (χ3v) is 6.74. The van der Waals surface area contributed by atoms with Gasteiger partial charge in [0.2, 0.25) is 15.8 Å². The van der Waals surface area contributed by atoms with Crippen LogP contribution in [0.25, 0.3) is 0 Å². The predicted octanol–water partition coefficient (Wildman–Crippen LogP) is 3.30. The molecule has 1 aliphatic rings. The van der Waals surface area contributed by atoms with E-state index in [4.69, 9.17) is 16.3 Å². The first-order valence-electron chi connectivity index (χ1n) is 8.55. The summed E-state index contributed by atoms with van der Waals surface area (Å²) in [6, 6.07) is 9.08. The van der Waals surface area contributed by atoms with Gasteiger partial charge >= 0.3 is 5.97 Å². The van der Waals surface area contributed by atoms with Crippen LogP contribution < -0.4 is 0 Å². The molecule has 0 N–H and O–H groups in total. The highest BCUT2D eigenvalue weighted by Crippen LogP contribution is 2.28. The lowest BCUT2D eigenvalue weighted by Gasteiger charge is -2.17. The van der Waals surface area contributed by atoms with Crippen LogP contribution in [0.5, 0.6) is 0 Å². The molecule has 0 radical (unpaired) electrons. The molecule has 0 aliphatic carbocycles. The van der Waals surface area contributed by atoms with Crippen LogP contribution in [-0.4, -0.2) is 44.2 Å². The number of carbonyl (C=O) groups is 2. The molecule has 6 nitrogen and oxygen atoms in total. The number of benzene rings is 2. The van der Waals surface area contributed by atoms with Gasteiger partial charge in [-0.15, -0.1) is 0 Å². The van der Waals surface area contributed by atoms with Gasteiger partial charge in [0.1, 0.15) is 10.7 Å². The van der Waals surface area contributed by atoms with Crippen molar-refractivity contribution in [3.63, 3.8) is 0 Å². The number of esters is 1. The van der Waals surface area contributed by atoms with Crippen LogP contribution in [0.2, 0.25) is 5.02 Å². The lowest BCUT2D eigenvalue weighted by molar-refractivity contribution is 0.0473. The van der Waals surface area contributed by atoms with E-state index in [0.29, 0.717) is 13.1 Å². The summed E-state index contributed by atoms with van der Waals surface area (Å²) in [7, 11) is -3.83. The minimum Gasteiger partial charge on any atom is -0.454 e. The number of ether oxygens (including phenoxy) is 1. The number of rotatable bonds is 6. The molecule has 0 aromatic heterocycles. The Morgan fingerprint density at radius 2 is 1.79 bits per heavy atom. The molecule has 0 bridgehead atoms. The highest BCUT2D eigenvalue weighted by atomic mass is 35.5. The van der Waals surface area contributed by atoms with Gasteiger partial charge in [-0.3, -0.25) is 4.79 Å². The summed E-state index contributed by atoms with van der Waals surface area (Å²) in [5.41, 5.74) is -0.257. The molecule has 0 spiro atoms. The molecule has 3 rings (SSSR count). The van der Waals surface area contributed by atoms with E-state index in [2.05, 4.69) is 0 Å². The number of halogens is 2. The Morgan fingerprint density at radius 1 is 1.11 bits per heavy atom. The van der Waals surface area contributed by atoms with Crippen molar-refractivity contribution in [3.05, 3.63) is 64.4 Å². The predicted molar refractivity (Wildman–Crippen MR) is 100 cm³/mol. The Bertz CT molecular complexity index is 1020. The van der Waals surface area contributed by atoms with Crippen molar-refractivity contribution in [1.82, 2.24) is 4.31 Å². The lowest BCUT2D eigenvalue weighted by atomic mass is 10.1. The number of Topliss-reactive ketones (excluding diaryl/α,β-unsaturated/α-hetero) is 1. The number of hydrogen-bond acceptors (Lipinski definition) is 5. The molecule has 0 unspecified atom stereocenters. The first-order valence-corrected chi connectivity index (χ1v) is 10.4. The SMILES string of the molecule is O=C(OCC(=O)c1ccccc1F)c1ccc(Cl)c(S(=O)(=O)N2CCCC2)c1. The van der Waals surface area contributed by atoms with Crippen molar-refractivity contribution in [2.24, 2.45) is 0 Å².